The molecule has 0 bridgehead atoms. The molecule has 0 unspecified atom stereocenters. The highest BCUT2D eigenvalue weighted by Gasteiger charge is 2.04. The number of aromatic nitrogens is 4. The van der Waals surface area contributed by atoms with Gasteiger partial charge in [0.25, 0.3) is 5.56 Å². The van der Waals surface area contributed by atoms with E-state index in [9.17, 15) is 4.79 Å². The lowest BCUT2D eigenvalue weighted by molar-refractivity contribution is 0.741. The van der Waals surface area contributed by atoms with Crippen LogP contribution in [0.3, 0.4) is 0 Å². The molecule has 4 N–H and O–H groups in total. The van der Waals surface area contributed by atoms with Gasteiger partial charge in [-0.25, -0.2) is 4.98 Å². The van der Waals surface area contributed by atoms with Crippen LogP contribution in [-0.4, -0.2) is 26.3 Å². The van der Waals surface area contributed by atoms with Gasteiger partial charge in [-0.1, -0.05) is 0 Å². The number of benzene rings is 1. The summed E-state index contributed by atoms with van der Waals surface area (Å²) in [6, 6.07) is 7.05. The van der Waals surface area contributed by atoms with E-state index in [1.807, 2.05) is 19.3 Å². The third-order valence-electron chi connectivity index (χ3n) is 3.17. The van der Waals surface area contributed by atoms with Crippen molar-refractivity contribution in [3.8, 4) is 0 Å². The number of hydrogen-bond acceptors (Lipinski definition) is 5. The van der Waals surface area contributed by atoms with Gasteiger partial charge >= 0.3 is 0 Å². The molecule has 0 saturated heterocycles. The van der Waals surface area contributed by atoms with Crippen molar-refractivity contribution >= 4 is 22.5 Å². The number of aromatic amines is 1. The minimum Gasteiger partial charge on any atom is -0.399 e. The minimum atomic E-state index is -0.201. The SMILES string of the molecule is Cn1ccc(CCNc2nc3ccc(N)cc3c(=O)[nH]2)n1. The Morgan fingerprint density at radius 3 is 3.00 bits per heavy atom. The van der Waals surface area contributed by atoms with E-state index in [1.54, 1.807) is 22.9 Å². The van der Waals surface area contributed by atoms with Gasteiger partial charge in [-0.3, -0.25) is 14.5 Å². The maximum Gasteiger partial charge on any atom is 0.260 e. The molecule has 0 aliphatic carbocycles. The standard InChI is InChI=1S/C14H16N6O/c1-20-7-5-10(19-20)4-6-16-14-17-12-3-2-9(15)8-11(12)13(21)18-14/h2-3,5,7-8H,4,6,15H2,1H3,(H2,16,17,18,21). The zero-order valence-electron chi connectivity index (χ0n) is 11.6. The number of hydrogen-bond donors (Lipinski definition) is 3. The first-order valence-corrected chi connectivity index (χ1v) is 6.64. The Morgan fingerprint density at radius 1 is 1.38 bits per heavy atom. The topological polar surface area (TPSA) is 102 Å². The molecule has 21 heavy (non-hydrogen) atoms. The van der Waals surface area contributed by atoms with Gasteiger partial charge in [-0.15, -0.1) is 0 Å². The molecule has 0 aliphatic rings. The molecule has 0 radical (unpaired) electrons. The predicted octanol–water partition coefficient (Wildman–Crippen LogP) is 0.893. The quantitative estimate of drug-likeness (QED) is 0.618. The highest BCUT2D eigenvalue weighted by atomic mass is 16.1. The van der Waals surface area contributed by atoms with E-state index >= 15 is 0 Å². The summed E-state index contributed by atoms with van der Waals surface area (Å²) in [5.41, 5.74) is 7.62. The highest BCUT2D eigenvalue weighted by Crippen LogP contribution is 2.12. The van der Waals surface area contributed by atoms with E-state index in [2.05, 4.69) is 20.4 Å². The van der Waals surface area contributed by atoms with Crippen molar-refractivity contribution in [1.29, 1.82) is 0 Å². The van der Waals surface area contributed by atoms with Gasteiger partial charge in [-0.05, 0) is 24.3 Å². The van der Waals surface area contributed by atoms with Gasteiger partial charge in [0.05, 0.1) is 16.6 Å². The number of fused-ring (bicyclic) bond motifs is 1. The van der Waals surface area contributed by atoms with Crippen LogP contribution in [0.2, 0.25) is 0 Å². The lowest BCUT2D eigenvalue weighted by atomic mass is 10.2. The fourth-order valence-corrected chi connectivity index (χ4v) is 2.15. The average molecular weight is 284 g/mol. The summed E-state index contributed by atoms with van der Waals surface area (Å²) in [4.78, 5) is 19.1. The van der Waals surface area contributed by atoms with E-state index in [-0.39, 0.29) is 5.56 Å². The molecule has 0 amide bonds. The van der Waals surface area contributed by atoms with Gasteiger partial charge in [0.1, 0.15) is 0 Å². The van der Waals surface area contributed by atoms with Gasteiger partial charge in [0, 0.05) is 31.9 Å². The van der Waals surface area contributed by atoms with Crippen LogP contribution < -0.4 is 16.6 Å². The Labute approximate surface area is 120 Å². The maximum absolute atomic E-state index is 12.0. The lowest BCUT2D eigenvalue weighted by Gasteiger charge is -2.05. The lowest BCUT2D eigenvalue weighted by Crippen LogP contribution is -2.15. The average Bonchev–Trinajstić information content (AvgIpc) is 2.85. The van der Waals surface area contributed by atoms with Crippen LogP contribution in [0.1, 0.15) is 5.69 Å². The maximum atomic E-state index is 12.0. The molecule has 3 rings (SSSR count). The molecule has 0 saturated carbocycles. The summed E-state index contributed by atoms with van der Waals surface area (Å²) >= 11 is 0. The van der Waals surface area contributed by atoms with Crippen LogP contribution in [0.5, 0.6) is 0 Å². The Kier molecular flexibility index (Phi) is 3.31. The largest absolute Gasteiger partial charge is 0.399 e. The minimum absolute atomic E-state index is 0.201. The molecule has 1 aromatic carbocycles. The Morgan fingerprint density at radius 2 is 2.24 bits per heavy atom. The van der Waals surface area contributed by atoms with E-state index < -0.39 is 0 Å². The summed E-state index contributed by atoms with van der Waals surface area (Å²) in [6.07, 6.45) is 2.65. The Balaban J connectivity index is 1.75. The summed E-state index contributed by atoms with van der Waals surface area (Å²) < 4.78 is 1.76. The fourth-order valence-electron chi connectivity index (χ4n) is 2.15. The van der Waals surface area contributed by atoms with Crippen molar-refractivity contribution in [3.63, 3.8) is 0 Å². The second-order valence-corrected chi connectivity index (χ2v) is 4.85. The number of aryl methyl sites for hydroxylation is 1. The first-order valence-electron chi connectivity index (χ1n) is 6.64. The molecule has 0 spiro atoms. The first-order chi connectivity index (χ1) is 10.1. The molecular weight excluding hydrogens is 268 g/mol. The number of nitrogen functional groups attached to an aromatic ring is 1. The molecule has 0 atom stereocenters. The van der Waals surface area contributed by atoms with Gasteiger partial charge in [-0.2, -0.15) is 5.10 Å². The zero-order chi connectivity index (χ0) is 14.8. The number of nitrogens with one attached hydrogen (secondary N) is 2. The first kappa shape index (κ1) is 13.2. The number of nitrogens with zero attached hydrogens (tertiary/aromatic N) is 3. The smallest absolute Gasteiger partial charge is 0.260 e. The molecule has 3 aromatic rings. The molecule has 0 fully saturated rings. The highest BCUT2D eigenvalue weighted by molar-refractivity contribution is 5.81. The summed E-state index contributed by atoms with van der Waals surface area (Å²) in [5.74, 6) is 0.452. The van der Waals surface area contributed by atoms with Crippen molar-refractivity contribution in [2.24, 2.45) is 7.05 Å². The Bertz CT molecular complexity index is 835. The summed E-state index contributed by atoms with van der Waals surface area (Å²) in [5, 5.41) is 7.88. The molecule has 7 nitrogen and oxygen atoms in total. The third-order valence-corrected chi connectivity index (χ3v) is 3.17. The van der Waals surface area contributed by atoms with Crippen molar-refractivity contribution in [3.05, 3.63) is 46.5 Å². The second kappa shape index (κ2) is 5.28. The van der Waals surface area contributed by atoms with E-state index in [4.69, 9.17) is 5.73 Å². The van der Waals surface area contributed by atoms with Crippen molar-refractivity contribution in [1.82, 2.24) is 19.7 Å². The summed E-state index contributed by atoms with van der Waals surface area (Å²) in [7, 11) is 1.88. The van der Waals surface area contributed by atoms with Crippen molar-refractivity contribution < 1.29 is 0 Å². The van der Waals surface area contributed by atoms with Crippen LogP contribution in [0.4, 0.5) is 11.6 Å². The van der Waals surface area contributed by atoms with Crippen LogP contribution in [-0.2, 0) is 13.5 Å². The molecule has 2 aromatic heterocycles. The van der Waals surface area contributed by atoms with Crippen molar-refractivity contribution in [2.75, 3.05) is 17.6 Å². The van der Waals surface area contributed by atoms with Crippen LogP contribution in [0, 0.1) is 0 Å². The van der Waals surface area contributed by atoms with Gasteiger partial charge < -0.3 is 11.1 Å². The predicted molar refractivity (Wildman–Crippen MR) is 82.2 cm³/mol. The monoisotopic (exact) mass is 284 g/mol. The number of nitrogens with two attached hydrogens (primary N) is 1. The molecular formula is C14H16N6O. The van der Waals surface area contributed by atoms with Crippen LogP contribution in [0.15, 0.2) is 35.3 Å². The van der Waals surface area contributed by atoms with Crippen LogP contribution in [0.25, 0.3) is 10.9 Å². The van der Waals surface area contributed by atoms with E-state index in [0.29, 0.717) is 29.1 Å². The van der Waals surface area contributed by atoms with E-state index in [1.165, 1.54) is 0 Å². The van der Waals surface area contributed by atoms with Gasteiger partial charge in [0.15, 0.2) is 0 Å². The molecule has 0 aliphatic heterocycles. The van der Waals surface area contributed by atoms with Gasteiger partial charge in [0.2, 0.25) is 5.95 Å². The number of H-pyrrole nitrogens is 1. The van der Waals surface area contributed by atoms with Crippen LogP contribution >= 0.6 is 0 Å². The fraction of sp³-hybridized carbons (Fsp3) is 0.214. The Hall–Kier alpha value is -2.83. The normalized spacial score (nSPS) is 10.9. The second-order valence-electron chi connectivity index (χ2n) is 4.85. The third kappa shape index (κ3) is 2.86. The summed E-state index contributed by atoms with van der Waals surface area (Å²) in [6.45, 7) is 0.639. The molecule has 7 heteroatoms. The van der Waals surface area contributed by atoms with Crippen molar-refractivity contribution in [2.45, 2.75) is 6.42 Å². The molecule has 108 valence electrons. The zero-order valence-corrected chi connectivity index (χ0v) is 11.6. The molecule has 2 heterocycles. The van der Waals surface area contributed by atoms with E-state index in [0.717, 1.165) is 12.1 Å². The number of anilines is 2. The number of rotatable bonds is 4.